The van der Waals surface area contributed by atoms with Gasteiger partial charge in [-0.15, -0.1) is 0 Å². The molecule has 12 heteroatoms. The van der Waals surface area contributed by atoms with E-state index in [4.69, 9.17) is 0 Å². The van der Waals surface area contributed by atoms with Gasteiger partial charge in [-0.3, -0.25) is 38.4 Å². The molecule has 0 aromatic heterocycles. The molecule has 0 radical (unpaired) electrons. The first-order valence-corrected chi connectivity index (χ1v) is 13.2. The van der Waals surface area contributed by atoms with Gasteiger partial charge in [-0.25, -0.2) is 0 Å². The van der Waals surface area contributed by atoms with Crippen molar-refractivity contribution in [1.29, 1.82) is 0 Å². The Bertz CT molecular complexity index is 1950. The molecular weight excluding hydrogens is 568 g/mol. The minimum Gasteiger partial charge on any atom is -0.267 e. The molecule has 8 rings (SSSR count). The van der Waals surface area contributed by atoms with Gasteiger partial charge in [0.15, 0.2) is 0 Å². The van der Waals surface area contributed by atoms with Gasteiger partial charge in [-0.2, -0.15) is 20.0 Å². The largest absolute Gasteiger partial charge is 0.281 e. The molecule has 0 aliphatic carbocycles. The molecule has 4 heterocycles. The van der Waals surface area contributed by atoms with Crippen LogP contribution in [-0.2, 0) is 0 Å². The lowest BCUT2D eigenvalue weighted by Crippen LogP contribution is -2.49. The quantitative estimate of drug-likeness (QED) is 0.335. The van der Waals surface area contributed by atoms with E-state index >= 15 is 0 Å². The van der Waals surface area contributed by atoms with Crippen molar-refractivity contribution in [3.63, 3.8) is 0 Å². The number of carbonyl (C=O) groups excluding carboxylic acids is 8. The van der Waals surface area contributed by atoms with Crippen molar-refractivity contribution in [2.45, 2.75) is 0 Å². The van der Waals surface area contributed by atoms with Crippen LogP contribution in [0.1, 0.15) is 82.9 Å². The zero-order valence-corrected chi connectivity index (χ0v) is 22.1. The third-order valence-corrected chi connectivity index (χ3v) is 8.01. The predicted octanol–water partition coefficient (Wildman–Crippen LogP) is 2.97. The van der Waals surface area contributed by atoms with Crippen LogP contribution >= 0.6 is 0 Å². The highest BCUT2D eigenvalue weighted by molar-refractivity contribution is 6.29. The standard InChI is InChI=1S/C32H14N4O8/c37-25-17-5-1-2-6-18(17)26(38)33(25)35-29(41)21-11-9-15(13-23(21)31(35)43)16-10-12-22-24(14-16)32(44)36(30(22)42)34-27(39)19-7-3-4-8-20(19)28(34)40/h1-14H. The molecule has 0 fully saturated rings. The maximum Gasteiger partial charge on any atom is 0.281 e. The Morgan fingerprint density at radius 2 is 0.500 bits per heavy atom. The first-order valence-electron chi connectivity index (χ1n) is 13.2. The van der Waals surface area contributed by atoms with Crippen molar-refractivity contribution in [3.8, 4) is 11.1 Å². The molecule has 0 spiro atoms. The number of hydrogen-bond acceptors (Lipinski definition) is 8. The summed E-state index contributed by atoms with van der Waals surface area (Å²) in [6.07, 6.45) is 0. The SMILES string of the molecule is O=C1c2ccccc2C(=O)N1N1C(=O)c2ccc(-c3ccc4c(c3)C(=O)N(N3C(=O)c5ccccc5C3=O)C4=O)cc2C1=O. The molecule has 0 atom stereocenters. The summed E-state index contributed by atoms with van der Waals surface area (Å²) in [7, 11) is 0. The number of hydrazine groups is 2. The Labute approximate surface area is 246 Å². The number of rotatable bonds is 3. The molecule has 8 amide bonds. The summed E-state index contributed by atoms with van der Waals surface area (Å²) >= 11 is 0. The normalized spacial score (nSPS) is 16.8. The second-order valence-corrected chi connectivity index (χ2v) is 10.3. The van der Waals surface area contributed by atoms with E-state index in [0.29, 0.717) is 31.2 Å². The summed E-state index contributed by atoms with van der Waals surface area (Å²) in [5, 5.41) is 2.10. The summed E-state index contributed by atoms with van der Waals surface area (Å²) in [6, 6.07) is 20.5. The molecule has 210 valence electrons. The minimum atomic E-state index is -0.884. The number of imide groups is 4. The van der Waals surface area contributed by atoms with Crippen LogP contribution in [0.2, 0.25) is 0 Å². The van der Waals surface area contributed by atoms with E-state index in [1.165, 1.54) is 60.7 Å². The molecule has 12 nitrogen and oxygen atoms in total. The zero-order chi connectivity index (χ0) is 30.6. The van der Waals surface area contributed by atoms with Crippen LogP contribution in [0.15, 0.2) is 84.9 Å². The second kappa shape index (κ2) is 8.49. The average molecular weight is 582 g/mol. The molecule has 0 saturated carbocycles. The first kappa shape index (κ1) is 25.2. The van der Waals surface area contributed by atoms with E-state index in [9.17, 15) is 38.4 Å². The highest BCUT2D eigenvalue weighted by Crippen LogP contribution is 2.36. The lowest BCUT2D eigenvalue weighted by molar-refractivity contribution is 0.00845. The van der Waals surface area contributed by atoms with E-state index in [0.717, 1.165) is 0 Å². The second-order valence-electron chi connectivity index (χ2n) is 10.3. The van der Waals surface area contributed by atoms with Gasteiger partial charge in [0.25, 0.3) is 47.3 Å². The van der Waals surface area contributed by atoms with Gasteiger partial charge in [0, 0.05) is 0 Å². The molecule has 44 heavy (non-hydrogen) atoms. The van der Waals surface area contributed by atoms with Gasteiger partial charge >= 0.3 is 0 Å². The molecule has 4 aliphatic heterocycles. The molecule has 0 saturated heterocycles. The summed E-state index contributed by atoms with van der Waals surface area (Å²) in [5.41, 5.74) is 0.861. The molecule has 4 aliphatic rings. The maximum absolute atomic E-state index is 13.4. The van der Waals surface area contributed by atoms with Crippen molar-refractivity contribution < 1.29 is 38.4 Å². The topological polar surface area (TPSA) is 150 Å². The molecular formula is C32H14N4O8. The number of hydrogen-bond donors (Lipinski definition) is 0. The highest BCUT2D eigenvalue weighted by atomic mass is 16.2. The van der Waals surface area contributed by atoms with Gasteiger partial charge in [-0.05, 0) is 59.7 Å². The Morgan fingerprint density at radius 1 is 0.273 bits per heavy atom. The van der Waals surface area contributed by atoms with Crippen LogP contribution in [0.25, 0.3) is 11.1 Å². The van der Waals surface area contributed by atoms with Crippen LogP contribution < -0.4 is 0 Å². The van der Waals surface area contributed by atoms with Crippen molar-refractivity contribution in [3.05, 3.63) is 129 Å². The van der Waals surface area contributed by atoms with Gasteiger partial charge in [0.1, 0.15) is 0 Å². The Morgan fingerprint density at radius 3 is 0.773 bits per heavy atom. The summed E-state index contributed by atoms with van der Waals surface area (Å²) < 4.78 is 0. The Hall–Kier alpha value is -6.56. The van der Waals surface area contributed by atoms with Crippen molar-refractivity contribution in [2.75, 3.05) is 0 Å². The highest BCUT2D eigenvalue weighted by Gasteiger charge is 2.50. The summed E-state index contributed by atoms with van der Waals surface area (Å²) in [4.78, 5) is 105. The fourth-order valence-electron chi connectivity index (χ4n) is 5.89. The molecule has 0 unspecified atom stereocenters. The Kier molecular flexibility index (Phi) is 4.86. The first-order chi connectivity index (χ1) is 21.2. The monoisotopic (exact) mass is 582 g/mol. The lowest BCUT2D eigenvalue weighted by atomic mass is 9.97. The van der Waals surface area contributed by atoms with Crippen LogP contribution in [0, 0.1) is 0 Å². The van der Waals surface area contributed by atoms with E-state index in [1.807, 2.05) is 0 Å². The van der Waals surface area contributed by atoms with Crippen LogP contribution in [0.3, 0.4) is 0 Å². The fraction of sp³-hybridized carbons (Fsp3) is 0. The molecule has 4 aromatic rings. The maximum atomic E-state index is 13.4. The van der Waals surface area contributed by atoms with Crippen molar-refractivity contribution in [2.24, 2.45) is 0 Å². The third-order valence-electron chi connectivity index (χ3n) is 8.01. The van der Waals surface area contributed by atoms with E-state index < -0.39 is 47.3 Å². The van der Waals surface area contributed by atoms with E-state index in [2.05, 4.69) is 0 Å². The van der Waals surface area contributed by atoms with Crippen molar-refractivity contribution >= 4 is 47.3 Å². The van der Waals surface area contributed by atoms with Crippen molar-refractivity contribution in [1.82, 2.24) is 20.0 Å². The Balaban J connectivity index is 1.12. The van der Waals surface area contributed by atoms with Gasteiger partial charge in [0.05, 0.1) is 44.5 Å². The van der Waals surface area contributed by atoms with E-state index in [-0.39, 0.29) is 44.5 Å². The number of amides is 8. The number of carbonyl (C=O) groups is 8. The number of nitrogens with zero attached hydrogens (tertiary/aromatic N) is 4. The molecule has 4 aromatic carbocycles. The fourth-order valence-corrected chi connectivity index (χ4v) is 5.89. The van der Waals surface area contributed by atoms with Gasteiger partial charge in [0.2, 0.25) is 0 Å². The van der Waals surface area contributed by atoms with Crippen LogP contribution in [0.5, 0.6) is 0 Å². The average Bonchev–Trinajstić information content (AvgIpc) is 3.64. The number of fused-ring (bicyclic) bond motifs is 4. The van der Waals surface area contributed by atoms with E-state index in [1.54, 1.807) is 24.3 Å². The van der Waals surface area contributed by atoms with Crippen LogP contribution in [0.4, 0.5) is 0 Å². The summed E-state index contributed by atoms with van der Waals surface area (Å²) in [5.74, 6) is -6.67. The number of benzene rings is 4. The minimum absolute atomic E-state index is 0.0282. The third kappa shape index (κ3) is 3.05. The van der Waals surface area contributed by atoms with Crippen LogP contribution in [-0.4, -0.2) is 67.3 Å². The molecule has 0 bridgehead atoms. The van der Waals surface area contributed by atoms with Gasteiger partial charge < -0.3 is 0 Å². The lowest BCUT2D eigenvalue weighted by Gasteiger charge is -2.23. The molecule has 0 N–H and O–H groups in total. The smallest absolute Gasteiger partial charge is 0.267 e. The summed E-state index contributed by atoms with van der Waals surface area (Å²) in [6.45, 7) is 0. The predicted molar refractivity (Wildman–Crippen MR) is 147 cm³/mol. The zero-order valence-electron chi connectivity index (χ0n) is 22.1. The van der Waals surface area contributed by atoms with Gasteiger partial charge in [-0.1, -0.05) is 36.4 Å².